The number of esters is 1. The minimum Gasteiger partial charge on any atom is -0.466 e. The first-order chi connectivity index (χ1) is 8.07. The van der Waals surface area contributed by atoms with Crippen LogP contribution >= 0.6 is 11.8 Å². The molecule has 17 heavy (non-hydrogen) atoms. The molecule has 1 aliphatic heterocycles. The van der Waals surface area contributed by atoms with Gasteiger partial charge in [-0.3, -0.25) is 9.69 Å². The van der Waals surface area contributed by atoms with Gasteiger partial charge < -0.3 is 4.74 Å². The fourth-order valence-electron chi connectivity index (χ4n) is 2.78. The fraction of sp³-hybridized carbons (Fsp3) is 0.923. The summed E-state index contributed by atoms with van der Waals surface area (Å²) in [6, 6.07) is 0. The Balaban J connectivity index is 2.76. The van der Waals surface area contributed by atoms with Crippen molar-refractivity contribution in [1.29, 1.82) is 0 Å². The Bertz CT molecular complexity index is 256. The Kier molecular flexibility index (Phi) is 5.80. The summed E-state index contributed by atoms with van der Waals surface area (Å²) in [4.78, 5) is 14.2. The summed E-state index contributed by atoms with van der Waals surface area (Å²) >= 11 is 1.97. The molecule has 0 aromatic heterocycles. The van der Waals surface area contributed by atoms with Gasteiger partial charge in [0.1, 0.15) is 0 Å². The Morgan fingerprint density at radius 2 is 2.06 bits per heavy atom. The monoisotopic (exact) mass is 259 g/mol. The molecule has 2 atom stereocenters. The molecule has 0 bridgehead atoms. The zero-order valence-corrected chi connectivity index (χ0v) is 12.3. The van der Waals surface area contributed by atoms with Crippen LogP contribution in [0.2, 0.25) is 0 Å². The maximum Gasteiger partial charge on any atom is 0.307 e. The zero-order valence-electron chi connectivity index (χ0n) is 11.5. The van der Waals surface area contributed by atoms with E-state index < -0.39 is 0 Å². The number of carbonyl (C=O) groups excluding carboxylic acids is 1. The van der Waals surface area contributed by atoms with Gasteiger partial charge in [-0.2, -0.15) is 11.8 Å². The van der Waals surface area contributed by atoms with E-state index in [2.05, 4.69) is 25.7 Å². The van der Waals surface area contributed by atoms with E-state index in [4.69, 9.17) is 4.74 Å². The molecule has 0 spiro atoms. The molecular formula is C13H25NO2S. The normalized spacial score (nSPS) is 28.6. The van der Waals surface area contributed by atoms with Crippen LogP contribution in [0.1, 0.15) is 40.5 Å². The summed E-state index contributed by atoms with van der Waals surface area (Å²) < 4.78 is 5.13. The third-order valence-corrected chi connectivity index (χ3v) is 4.96. The van der Waals surface area contributed by atoms with Crippen LogP contribution in [0.15, 0.2) is 0 Å². The van der Waals surface area contributed by atoms with Crippen molar-refractivity contribution in [3.8, 4) is 0 Å². The minimum atomic E-state index is -0.0471. The molecule has 0 radical (unpaired) electrons. The Hall–Kier alpha value is -0.220. The molecule has 0 aromatic rings. The molecule has 0 amide bonds. The third kappa shape index (κ3) is 3.62. The highest BCUT2D eigenvalue weighted by molar-refractivity contribution is 8.00. The lowest BCUT2D eigenvalue weighted by Gasteiger charge is -2.39. The van der Waals surface area contributed by atoms with Gasteiger partial charge in [0.15, 0.2) is 0 Å². The van der Waals surface area contributed by atoms with E-state index in [1.807, 2.05) is 18.7 Å². The van der Waals surface area contributed by atoms with E-state index in [0.717, 1.165) is 25.3 Å². The summed E-state index contributed by atoms with van der Waals surface area (Å²) in [5, 5.41) is 0.644. The molecule has 4 heteroatoms. The van der Waals surface area contributed by atoms with Gasteiger partial charge in [-0.05, 0) is 26.4 Å². The van der Waals surface area contributed by atoms with Gasteiger partial charge in [-0.15, -0.1) is 0 Å². The van der Waals surface area contributed by atoms with Crippen molar-refractivity contribution in [2.24, 2.45) is 0 Å². The molecule has 1 rings (SSSR count). The molecule has 2 unspecified atom stereocenters. The smallest absolute Gasteiger partial charge is 0.307 e. The van der Waals surface area contributed by atoms with Gasteiger partial charge in [0.2, 0.25) is 0 Å². The minimum absolute atomic E-state index is 0.0276. The summed E-state index contributed by atoms with van der Waals surface area (Å²) in [6.07, 6.45) is 1.64. The van der Waals surface area contributed by atoms with Crippen LogP contribution in [0.25, 0.3) is 0 Å². The number of hydrogen-bond donors (Lipinski definition) is 0. The fourth-order valence-corrected chi connectivity index (χ4v) is 4.21. The zero-order chi connectivity index (χ0) is 12.9. The van der Waals surface area contributed by atoms with Gasteiger partial charge in [-0.1, -0.05) is 20.8 Å². The van der Waals surface area contributed by atoms with Gasteiger partial charge in [-0.25, -0.2) is 0 Å². The molecule has 0 aliphatic carbocycles. The topological polar surface area (TPSA) is 29.5 Å². The van der Waals surface area contributed by atoms with Crippen LogP contribution in [-0.2, 0) is 9.53 Å². The highest BCUT2D eigenvalue weighted by Crippen LogP contribution is 2.41. The van der Waals surface area contributed by atoms with Crippen LogP contribution in [-0.4, -0.2) is 47.1 Å². The van der Waals surface area contributed by atoms with Crippen molar-refractivity contribution in [3.63, 3.8) is 0 Å². The Labute approximate surface area is 109 Å². The maximum atomic E-state index is 11.8. The van der Waals surface area contributed by atoms with E-state index in [-0.39, 0.29) is 11.5 Å². The van der Waals surface area contributed by atoms with Gasteiger partial charge in [0.25, 0.3) is 0 Å². The van der Waals surface area contributed by atoms with E-state index >= 15 is 0 Å². The van der Waals surface area contributed by atoms with Gasteiger partial charge in [0, 0.05) is 16.5 Å². The van der Waals surface area contributed by atoms with Crippen molar-refractivity contribution >= 4 is 17.7 Å². The molecule has 0 saturated carbocycles. The summed E-state index contributed by atoms with van der Waals surface area (Å²) in [6.45, 7) is 10.9. The number of nitrogens with zero attached hydrogens (tertiary/aromatic N) is 1. The molecule has 3 nitrogen and oxygen atoms in total. The first-order valence-corrected chi connectivity index (χ1v) is 7.65. The van der Waals surface area contributed by atoms with E-state index in [1.165, 1.54) is 0 Å². The quantitative estimate of drug-likeness (QED) is 0.686. The number of ether oxygens (including phenoxy) is 1. The maximum absolute atomic E-state index is 11.8. The second-order valence-corrected chi connectivity index (χ2v) is 6.13. The molecular weight excluding hydrogens is 234 g/mol. The highest BCUT2D eigenvalue weighted by atomic mass is 32.2. The average molecular weight is 259 g/mol. The van der Waals surface area contributed by atoms with E-state index in [1.54, 1.807) is 0 Å². The molecule has 1 fully saturated rings. The van der Waals surface area contributed by atoms with Crippen molar-refractivity contribution < 1.29 is 9.53 Å². The summed E-state index contributed by atoms with van der Waals surface area (Å²) in [5.41, 5.74) is 0.0276. The predicted molar refractivity (Wildman–Crippen MR) is 73.4 cm³/mol. The molecule has 1 saturated heterocycles. The van der Waals surface area contributed by atoms with Crippen molar-refractivity contribution in [1.82, 2.24) is 4.90 Å². The summed E-state index contributed by atoms with van der Waals surface area (Å²) in [5.74, 6) is 1.00. The molecule has 1 aliphatic rings. The first kappa shape index (κ1) is 14.8. The lowest BCUT2D eigenvalue weighted by molar-refractivity contribution is -0.146. The standard InChI is InChI=1S/C13H25NO2S/c1-5-14(6-2)13(8-11(4)17-10-13)9-12(15)16-7-3/h11H,5-10H2,1-4H3. The van der Waals surface area contributed by atoms with E-state index in [9.17, 15) is 4.79 Å². The number of thioether (sulfide) groups is 1. The van der Waals surface area contributed by atoms with E-state index in [0.29, 0.717) is 18.3 Å². The lowest BCUT2D eigenvalue weighted by atomic mass is 9.90. The number of hydrogen-bond acceptors (Lipinski definition) is 4. The summed E-state index contributed by atoms with van der Waals surface area (Å²) in [7, 11) is 0. The van der Waals surface area contributed by atoms with Crippen LogP contribution < -0.4 is 0 Å². The highest BCUT2D eigenvalue weighted by Gasteiger charge is 2.43. The molecule has 1 heterocycles. The van der Waals surface area contributed by atoms with Crippen LogP contribution in [0.3, 0.4) is 0 Å². The lowest BCUT2D eigenvalue weighted by Crippen LogP contribution is -2.50. The molecule has 100 valence electrons. The first-order valence-electron chi connectivity index (χ1n) is 6.60. The van der Waals surface area contributed by atoms with Crippen LogP contribution in [0.5, 0.6) is 0 Å². The van der Waals surface area contributed by atoms with Crippen molar-refractivity contribution in [2.45, 2.75) is 51.3 Å². The third-order valence-electron chi connectivity index (χ3n) is 3.52. The average Bonchev–Trinajstić information content (AvgIpc) is 2.62. The number of carbonyl (C=O) groups is 1. The van der Waals surface area contributed by atoms with Crippen molar-refractivity contribution in [2.75, 3.05) is 25.4 Å². The number of rotatable bonds is 6. The van der Waals surface area contributed by atoms with Crippen LogP contribution in [0, 0.1) is 0 Å². The predicted octanol–water partition coefficient (Wildman–Crippen LogP) is 2.55. The van der Waals surface area contributed by atoms with Crippen LogP contribution in [0.4, 0.5) is 0 Å². The second kappa shape index (κ2) is 6.64. The second-order valence-electron chi connectivity index (χ2n) is 4.70. The Morgan fingerprint density at radius 3 is 2.47 bits per heavy atom. The Morgan fingerprint density at radius 1 is 1.41 bits per heavy atom. The van der Waals surface area contributed by atoms with Gasteiger partial charge in [0.05, 0.1) is 13.0 Å². The van der Waals surface area contributed by atoms with Gasteiger partial charge >= 0.3 is 5.97 Å². The molecule has 0 aromatic carbocycles. The SMILES string of the molecule is CCOC(=O)CC1(N(CC)CC)CSC(C)C1. The largest absolute Gasteiger partial charge is 0.466 e. The van der Waals surface area contributed by atoms with Crippen molar-refractivity contribution in [3.05, 3.63) is 0 Å². The molecule has 0 N–H and O–H groups in total.